The summed E-state index contributed by atoms with van der Waals surface area (Å²) in [6, 6.07) is 6.96. The van der Waals surface area contributed by atoms with Crippen LogP contribution in [-0.2, 0) is 13.1 Å². The van der Waals surface area contributed by atoms with Gasteiger partial charge >= 0.3 is 6.18 Å². The van der Waals surface area contributed by atoms with Crippen molar-refractivity contribution in [3.8, 4) is 5.75 Å². The molecule has 3 heterocycles. The monoisotopic (exact) mass is 404 g/mol. The van der Waals surface area contributed by atoms with E-state index in [1.807, 2.05) is 13.0 Å². The number of piperidine rings is 1. The number of hydrogen-bond acceptors (Lipinski definition) is 4. The highest BCUT2D eigenvalue weighted by molar-refractivity contribution is 5.86. The lowest BCUT2D eigenvalue weighted by molar-refractivity contribution is -0.139. The summed E-state index contributed by atoms with van der Waals surface area (Å²) in [5.41, 5.74) is 2.40. The van der Waals surface area contributed by atoms with E-state index < -0.39 is 12.7 Å². The molecule has 1 aromatic carbocycles. The first-order chi connectivity index (χ1) is 13.9. The lowest BCUT2D eigenvalue weighted by Gasteiger charge is -2.32. The average Bonchev–Trinajstić information content (AvgIpc) is 3.06. The molecule has 154 valence electrons. The Morgan fingerprint density at radius 3 is 2.66 bits per heavy atom. The summed E-state index contributed by atoms with van der Waals surface area (Å²) in [6.45, 7) is 3.45. The van der Waals surface area contributed by atoms with Crippen molar-refractivity contribution >= 4 is 10.9 Å². The number of ether oxygens (including phenoxy) is 1. The van der Waals surface area contributed by atoms with Crippen molar-refractivity contribution in [2.45, 2.75) is 45.1 Å². The highest BCUT2D eigenvalue weighted by Gasteiger charge is 2.28. The molecule has 0 spiro atoms. The fourth-order valence-corrected chi connectivity index (χ4v) is 3.81. The Bertz CT molecular complexity index is 977. The molecule has 0 bridgehead atoms. The van der Waals surface area contributed by atoms with Gasteiger partial charge < -0.3 is 9.30 Å². The number of aromatic nitrogens is 3. The van der Waals surface area contributed by atoms with Gasteiger partial charge in [-0.05, 0) is 38.0 Å². The van der Waals surface area contributed by atoms with Crippen LogP contribution in [0, 0.1) is 6.92 Å². The smallest absolute Gasteiger partial charge is 0.406 e. The van der Waals surface area contributed by atoms with Crippen LogP contribution in [0.5, 0.6) is 5.75 Å². The van der Waals surface area contributed by atoms with E-state index in [9.17, 15) is 13.2 Å². The topological polar surface area (TPSA) is 43.2 Å². The number of fused-ring (bicyclic) bond motifs is 1. The predicted molar refractivity (Wildman–Crippen MR) is 104 cm³/mol. The molecule has 0 unspecified atom stereocenters. The highest BCUT2D eigenvalue weighted by Crippen LogP contribution is 2.31. The van der Waals surface area contributed by atoms with Gasteiger partial charge in [-0.3, -0.25) is 14.9 Å². The molecule has 0 radical (unpaired) electrons. The van der Waals surface area contributed by atoms with E-state index in [-0.39, 0.29) is 6.10 Å². The fourth-order valence-electron chi connectivity index (χ4n) is 3.81. The lowest BCUT2D eigenvalue weighted by atomic mass is 10.1. The zero-order valence-electron chi connectivity index (χ0n) is 16.2. The molecule has 0 amide bonds. The van der Waals surface area contributed by atoms with E-state index in [0.717, 1.165) is 43.9 Å². The van der Waals surface area contributed by atoms with E-state index in [1.54, 1.807) is 30.6 Å². The van der Waals surface area contributed by atoms with Gasteiger partial charge in [-0.15, -0.1) is 0 Å². The number of aryl methyl sites for hydroxylation is 1. The Labute approximate surface area is 167 Å². The van der Waals surface area contributed by atoms with Crippen LogP contribution >= 0.6 is 0 Å². The third-order valence-electron chi connectivity index (χ3n) is 5.14. The lowest BCUT2D eigenvalue weighted by Crippen LogP contribution is -2.38. The van der Waals surface area contributed by atoms with Crippen molar-refractivity contribution in [1.82, 2.24) is 19.4 Å². The van der Waals surface area contributed by atoms with Crippen molar-refractivity contribution in [2.75, 3.05) is 13.1 Å². The second-order valence-corrected chi connectivity index (χ2v) is 7.49. The van der Waals surface area contributed by atoms with Gasteiger partial charge in [0.15, 0.2) is 0 Å². The predicted octanol–water partition coefficient (Wildman–Crippen LogP) is 4.35. The van der Waals surface area contributed by atoms with Gasteiger partial charge in [0.25, 0.3) is 0 Å². The molecule has 1 fully saturated rings. The van der Waals surface area contributed by atoms with E-state index >= 15 is 0 Å². The van der Waals surface area contributed by atoms with E-state index in [1.165, 1.54) is 10.8 Å². The van der Waals surface area contributed by atoms with Crippen LogP contribution < -0.4 is 4.74 Å². The molecule has 1 aliphatic heterocycles. The number of hydrogen-bond donors (Lipinski definition) is 0. The summed E-state index contributed by atoms with van der Waals surface area (Å²) >= 11 is 0. The number of likely N-dealkylation sites (tertiary alicyclic amines) is 1. The van der Waals surface area contributed by atoms with Crippen molar-refractivity contribution < 1.29 is 17.9 Å². The summed E-state index contributed by atoms with van der Waals surface area (Å²) in [4.78, 5) is 11.0. The maximum absolute atomic E-state index is 12.8. The van der Waals surface area contributed by atoms with Gasteiger partial charge in [0.2, 0.25) is 0 Å². The van der Waals surface area contributed by atoms with Crippen LogP contribution in [0.4, 0.5) is 13.2 Å². The maximum atomic E-state index is 12.8. The minimum atomic E-state index is -4.25. The van der Waals surface area contributed by atoms with Crippen LogP contribution in [0.25, 0.3) is 10.9 Å². The van der Waals surface area contributed by atoms with Crippen LogP contribution in [0.1, 0.15) is 24.2 Å². The first-order valence-corrected chi connectivity index (χ1v) is 9.68. The standard InChI is InChI=1S/C21H23F3N4O/c1-15-11-25-12-16(26-15)13-27-8-5-17(6-9-27)29-20-4-2-3-19-18(20)7-10-28(19)14-21(22,23)24/h2-4,7,10-12,17H,5-6,8-9,13-14H2,1H3. The summed E-state index contributed by atoms with van der Waals surface area (Å²) in [5, 5.41) is 0.717. The minimum Gasteiger partial charge on any atom is -0.490 e. The van der Waals surface area contributed by atoms with Crippen molar-refractivity contribution in [3.63, 3.8) is 0 Å². The summed E-state index contributed by atoms with van der Waals surface area (Å²) in [6.07, 6.45) is 2.52. The largest absolute Gasteiger partial charge is 0.490 e. The van der Waals surface area contributed by atoms with E-state index in [4.69, 9.17) is 4.74 Å². The van der Waals surface area contributed by atoms with Gasteiger partial charge in [0, 0.05) is 43.6 Å². The molecular weight excluding hydrogens is 381 g/mol. The number of alkyl halides is 3. The molecule has 0 atom stereocenters. The van der Waals surface area contributed by atoms with E-state index in [0.29, 0.717) is 16.7 Å². The zero-order valence-corrected chi connectivity index (χ0v) is 16.2. The minimum absolute atomic E-state index is 0.0476. The third kappa shape index (κ3) is 4.87. The highest BCUT2D eigenvalue weighted by atomic mass is 19.4. The second-order valence-electron chi connectivity index (χ2n) is 7.49. The molecule has 0 saturated carbocycles. The SMILES string of the molecule is Cc1cncc(CN2CCC(Oc3cccc4c3ccn4CC(F)(F)F)CC2)n1. The van der Waals surface area contributed by atoms with Gasteiger partial charge in [-0.25, -0.2) is 0 Å². The fraction of sp³-hybridized carbons (Fsp3) is 0.429. The molecular formula is C21H23F3N4O. The van der Waals surface area contributed by atoms with Crippen LogP contribution in [0.2, 0.25) is 0 Å². The van der Waals surface area contributed by atoms with Crippen LogP contribution in [-0.4, -0.2) is 44.8 Å². The molecule has 3 aromatic rings. The molecule has 0 N–H and O–H groups in total. The average molecular weight is 404 g/mol. The zero-order chi connectivity index (χ0) is 20.4. The molecule has 4 rings (SSSR count). The normalized spacial score (nSPS) is 16.4. The molecule has 5 nitrogen and oxygen atoms in total. The Hall–Kier alpha value is -2.61. The van der Waals surface area contributed by atoms with Crippen molar-refractivity contribution in [2.24, 2.45) is 0 Å². The van der Waals surface area contributed by atoms with E-state index in [2.05, 4.69) is 14.9 Å². The number of nitrogens with zero attached hydrogens (tertiary/aromatic N) is 4. The Kier molecular flexibility index (Phi) is 5.45. The van der Waals surface area contributed by atoms with Gasteiger partial charge in [-0.1, -0.05) is 6.07 Å². The van der Waals surface area contributed by atoms with Crippen molar-refractivity contribution in [3.05, 3.63) is 54.2 Å². The Balaban J connectivity index is 1.39. The Morgan fingerprint density at radius 1 is 1.14 bits per heavy atom. The first kappa shape index (κ1) is 19.7. The number of benzene rings is 1. The van der Waals surface area contributed by atoms with Gasteiger partial charge in [0.1, 0.15) is 18.4 Å². The van der Waals surface area contributed by atoms with Crippen molar-refractivity contribution in [1.29, 1.82) is 0 Å². The number of halogens is 3. The van der Waals surface area contributed by atoms with Gasteiger partial charge in [-0.2, -0.15) is 13.2 Å². The Morgan fingerprint density at radius 2 is 1.93 bits per heavy atom. The van der Waals surface area contributed by atoms with Gasteiger partial charge in [0.05, 0.1) is 16.9 Å². The molecule has 29 heavy (non-hydrogen) atoms. The second kappa shape index (κ2) is 8.02. The summed E-state index contributed by atoms with van der Waals surface area (Å²) in [7, 11) is 0. The summed E-state index contributed by atoms with van der Waals surface area (Å²) in [5.74, 6) is 0.645. The van der Waals surface area contributed by atoms with Crippen LogP contribution in [0.3, 0.4) is 0 Å². The maximum Gasteiger partial charge on any atom is 0.406 e. The molecule has 8 heteroatoms. The quantitative estimate of drug-likeness (QED) is 0.634. The third-order valence-corrected chi connectivity index (χ3v) is 5.14. The molecule has 1 aliphatic rings. The molecule has 1 saturated heterocycles. The summed E-state index contributed by atoms with van der Waals surface area (Å²) < 4.78 is 45.7. The van der Waals surface area contributed by atoms with Crippen LogP contribution in [0.15, 0.2) is 42.9 Å². The molecule has 2 aromatic heterocycles. The molecule has 0 aliphatic carbocycles. The number of rotatable bonds is 5. The first-order valence-electron chi connectivity index (χ1n) is 9.68.